The quantitative estimate of drug-likeness (QED) is 0.855. The third-order valence-electron chi connectivity index (χ3n) is 4.03. The Labute approximate surface area is 136 Å². The van der Waals surface area contributed by atoms with Gasteiger partial charge < -0.3 is 5.11 Å². The van der Waals surface area contributed by atoms with Crippen LogP contribution < -0.4 is 4.74 Å². The third-order valence-corrected chi connectivity index (χ3v) is 6.01. The third kappa shape index (κ3) is 2.40. The molecule has 6 heteroatoms. The summed E-state index contributed by atoms with van der Waals surface area (Å²) >= 11 is 2.40. The van der Waals surface area contributed by atoms with E-state index in [1.807, 2.05) is 27.7 Å². The van der Waals surface area contributed by atoms with Crippen molar-refractivity contribution < 1.29 is 9.90 Å². The molecule has 0 radical (unpaired) electrons. The molecule has 4 nitrogen and oxygen atoms in total. The highest BCUT2D eigenvalue weighted by Gasteiger charge is 2.35. The maximum atomic E-state index is 12.4. The number of rotatable bonds is 1. The zero-order valence-electron chi connectivity index (χ0n) is 12.9. The smallest absolute Gasteiger partial charge is 0.244 e. The lowest BCUT2D eigenvalue weighted by Crippen LogP contribution is -2.25. The van der Waals surface area contributed by atoms with E-state index in [0.29, 0.717) is 28.1 Å². The Hall–Kier alpha value is -1.53. The van der Waals surface area contributed by atoms with Gasteiger partial charge in [-0.05, 0) is 24.8 Å². The molecule has 0 amide bonds. The number of thiophene rings is 1. The lowest BCUT2D eigenvalue weighted by Gasteiger charge is -2.29. The summed E-state index contributed by atoms with van der Waals surface area (Å²) in [5.41, 5.74) is 0.928. The number of carbonyl (C=O) groups excluding carboxylic acids is 1. The number of aryl methyl sites for hydroxylation is 2. The molecule has 2 aromatic heterocycles. The molecule has 116 valence electrons. The fraction of sp³-hybridized carbons (Fsp3) is 0.438. The van der Waals surface area contributed by atoms with Gasteiger partial charge >= 0.3 is 0 Å². The van der Waals surface area contributed by atoms with Crippen LogP contribution in [0.15, 0.2) is 10.6 Å². The fourth-order valence-corrected chi connectivity index (χ4v) is 4.97. The van der Waals surface area contributed by atoms with Gasteiger partial charge in [0.1, 0.15) is 15.6 Å². The van der Waals surface area contributed by atoms with E-state index in [-0.39, 0.29) is 27.3 Å². The number of aromatic nitrogens is 1. The highest BCUT2D eigenvalue weighted by Crippen LogP contribution is 2.40. The molecular formula is C16H17NO3S2. The summed E-state index contributed by atoms with van der Waals surface area (Å²) < 4.78 is -0.0974. The summed E-state index contributed by atoms with van der Waals surface area (Å²) in [7, 11) is 0. The van der Waals surface area contributed by atoms with Gasteiger partial charge in [0.2, 0.25) is 4.74 Å². The molecule has 0 fully saturated rings. The van der Waals surface area contributed by atoms with Crippen LogP contribution in [0.3, 0.4) is 0 Å². The zero-order valence-corrected chi connectivity index (χ0v) is 14.6. The topological polar surface area (TPSA) is 67.3 Å². The second-order valence-corrected chi connectivity index (χ2v) is 8.70. The Morgan fingerprint density at radius 3 is 2.45 bits per heavy atom. The van der Waals surface area contributed by atoms with E-state index >= 15 is 0 Å². The van der Waals surface area contributed by atoms with Gasteiger partial charge in [-0.1, -0.05) is 25.2 Å². The maximum Gasteiger partial charge on any atom is 0.244 e. The number of allylic oxidation sites excluding steroid dienone is 2. The molecule has 0 aliphatic heterocycles. The Morgan fingerprint density at radius 2 is 1.82 bits per heavy atom. The molecule has 3 rings (SSSR count). The normalized spacial score (nSPS) is 18.3. The van der Waals surface area contributed by atoms with Gasteiger partial charge in [0.05, 0.1) is 11.0 Å². The molecule has 0 atom stereocenters. The molecule has 0 bridgehead atoms. The van der Waals surface area contributed by atoms with Crippen LogP contribution in [-0.2, 0) is 4.79 Å². The molecule has 0 spiro atoms. The van der Waals surface area contributed by atoms with Crippen molar-refractivity contribution in [2.45, 2.75) is 40.5 Å². The highest BCUT2D eigenvalue weighted by molar-refractivity contribution is 7.19. The Kier molecular flexibility index (Phi) is 3.49. The van der Waals surface area contributed by atoms with Crippen molar-refractivity contribution in [3.05, 3.63) is 30.7 Å². The van der Waals surface area contributed by atoms with Crippen LogP contribution in [0.25, 0.3) is 15.8 Å². The molecule has 0 unspecified atom stereocenters. The second kappa shape index (κ2) is 4.99. The molecule has 2 heterocycles. The van der Waals surface area contributed by atoms with Crippen molar-refractivity contribution in [1.29, 1.82) is 0 Å². The molecule has 0 aromatic carbocycles. The number of nitrogens with zero attached hydrogens (tertiary/aromatic N) is 1. The SMILES string of the molecule is Cc1sc2nc(C3=C(O)CC(C)(C)CC3=O)sc(=O)c2c1C. The van der Waals surface area contributed by atoms with Crippen LogP contribution >= 0.6 is 22.7 Å². The van der Waals surface area contributed by atoms with Crippen LogP contribution in [-0.4, -0.2) is 15.9 Å². The van der Waals surface area contributed by atoms with E-state index in [0.717, 1.165) is 21.8 Å². The number of fused-ring (bicyclic) bond motifs is 1. The lowest BCUT2D eigenvalue weighted by atomic mass is 9.77. The van der Waals surface area contributed by atoms with Crippen molar-refractivity contribution in [2.75, 3.05) is 0 Å². The van der Waals surface area contributed by atoms with Crippen molar-refractivity contribution in [1.82, 2.24) is 4.98 Å². The van der Waals surface area contributed by atoms with Crippen molar-refractivity contribution in [3.63, 3.8) is 0 Å². The number of aliphatic hydroxyl groups is 1. The van der Waals surface area contributed by atoms with Gasteiger partial charge in [0.25, 0.3) is 0 Å². The minimum Gasteiger partial charge on any atom is -0.511 e. The van der Waals surface area contributed by atoms with Gasteiger partial charge in [-0.15, -0.1) is 11.3 Å². The fourth-order valence-electron chi connectivity index (χ4n) is 2.82. The monoisotopic (exact) mass is 335 g/mol. The number of carbonyl (C=O) groups is 1. The Bertz CT molecular complexity index is 887. The molecule has 2 aromatic rings. The first-order valence-electron chi connectivity index (χ1n) is 7.06. The van der Waals surface area contributed by atoms with E-state index < -0.39 is 0 Å². The zero-order chi connectivity index (χ0) is 16.2. The number of hydrogen-bond acceptors (Lipinski definition) is 6. The average molecular weight is 335 g/mol. The Balaban J connectivity index is 2.23. The molecule has 0 saturated carbocycles. The van der Waals surface area contributed by atoms with Crippen molar-refractivity contribution in [3.8, 4) is 0 Å². The molecule has 1 aliphatic rings. The van der Waals surface area contributed by atoms with Crippen LogP contribution in [0.1, 0.15) is 42.1 Å². The van der Waals surface area contributed by atoms with Crippen LogP contribution in [0, 0.1) is 19.3 Å². The number of Topliss-reactive ketones (excluding diaryl/α,β-unsaturated/α-hetero) is 1. The summed E-state index contributed by atoms with van der Waals surface area (Å²) in [6.07, 6.45) is 0.784. The Morgan fingerprint density at radius 1 is 1.14 bits per heavy atom. The summed E-state index contributed by atoms with van der Waals surface area (Å²) in [6, 6.07) is 0. The van der Waals surface area contributed by atoms with Gasteiger partial charge in [-0.3, -0.25) is 9.59 Å². The predicted octanol–water partition coefficient (Wildman–Crippen LogP) is 3.99. The van der Waals surface area contributed by atoms with Crippen molar-refractivity contribution >= 4 is 44.2 Å². The lowest BCUT2D eigenvalue weighted by molar-refractivity contribution is -0.116. The van der Waals surface area contributed by atoms with Crippen LogP contribution in [0.5, 0.6) is 0 Å². The molecule has 1 N–H and O–H groups in total. The predicted molar refractivity (Wildman–Crippen MR) is 90.8 cm³/mol. The summed E-state index contributed by atoms with van der Waals surface area (Å²) in [6.45, 7) is 7.76. The minimum absolute atomic E-state index is 0.0498. The van der Waals surface area contributed by atoms with E-state index in [9.17, 15) is 14.7 Å². The molecular weight excluding hydrogens is 318 g/mol. The summed E-state index contributed by atoms with van der Waals surface area (Å²) in [5.74, 6) is -0.0880. The molecule has 0 saturated heterocycles. The first-order chi connectivity index (χ1) is 10.2. The first-order valence-corrected chi connectivity index (χ1v) is 8.69. The second-order valence-electron chi connectivity index (χ2n) is 6.53. The largest absolute Gasteiger partial charge is 0.511 e. The first kappa shape index (κ1) is 15.4. The van der Waals surface area contributed by atoms with Crippen molar-refractivity contribution in [2.24, 2.45) is 5.41 Å². The minimum atomic E-state index is -0.254. The van der Waals surface area contributed by atoms with Gasteiger partial charge in [-0.25, -0.2) is 4.98 Å². The van der Waals surface area contributed by atoms with E-state index in [1.165, 1.54) is 11.3 Å². The number of hydrogen-bond donors (Lipinski definition) is 1. The van der Waals surface area contributed by atoms with Gasteiger partial charge in [-0.2, -0.15) is 0 Å². The number of ketones is 1. The van der Waals surface area contributed by atoms with Gasteiger partial charge in [0, 0.05) is 17.7 Å². The van der Waals surface area contributed by atoms with E-state index in [1.54, 1.807) is 0 Å². The number of aliphatic hydroxyl groups excluding tert-OH is 1. The van der Waals surface area contributed by atoms with E-state index in [2.05, 4.69) is 4.98 Å². The average Bonchev–Trinajstić information content (AvgIpc) is 2.62. The molecule has 22 heavy (non-hydrogen) atoms. The molecule has 1 aliphatic carbocycles. The van der Waals surface area contributed by atoms with Crippen LogP contribution in [0.2, 0.25) is 0 Å². The van der Waals surface area contributed by atoms with Crippen LogP contribution in [0.4, 0.5) is 0 Å². The highest BCUT2D eigenvalue weighted by atomic mass is 32.1. The van der Waals surface area contributed by atoms with E-state index in [4.69, 9.17) is 0 Å². The standard InChI is InChI=1S/C16H17NO3S2/c1-7-8(2)21-13-11(7)15(20)22-14(17-13)12-9(18)5-16(3,4)6-10(12)19/h18H,5-6H2,1-4H3. The summed E-state index contributed by atoms with van der Waals surface area (Å²) in [4.78, 5) is 31.0. The van der Waals surface area contributed by atoms with Gasteiger partial charge in [0.15, 0.2) is 5.78 Å². The maximum absolute atomic E-state index is 12.4. The summed E-state index contributed by atoms with van der Waals surface area (Å²) in [5, 5.41) is 11.3.